The second-order valence-electron chi connectivity index (χ2n) is 2.99. The van der Waals surface area contributed by atoms with Crippen LogP contribution in [0.15, 0.2) is 5.16 Å². The van der Waals surface area contributed by atoms with Crippen molar-refractivity contribution in [1.82, 2.24) is 0 Å². The third-order valence-electron chi connectivity index (χ3n) is 1.70. The van der Waals surface area contributed by atoms with Gasteiger partial charge in [-0.25, -0.2) is 0 Å². The highest BCUT2D eigenvalue weighted by Gasteiger charge is 2.06. The summed E-state index contributed by atoms with van der Waals surface area (Å²) in [6.07, 6.45) is 1.92. The first kappa shape index (κ1) is 11.0. The van der Waals surface area contributed by atoms with Crippen LogP contribution in [0.4, 0.5) is 0 Å². The van der Waals surface area contributed by atoms with E-state index in [4.69, 9.17) is 14.3 Å². The molecular weight excluding hydrogens is 186 g/mol. The third-order valence-corrected chi connectivity index (χ3v) is 1.70. The van der Waals surface area contributed by atoms with E-state index in [2.05, 4.69) is 5.16 Å². The predicted octanol–water partition coefficient (Wildman–Crippen LogP) is 0.732. The van der Waals surface area contributed by atoms with Gasteiger partial charge in [0.2, 0.25) is 0 Å². The van der Waals surface area contributed by atoms with Gasteiger partial charge in [-0.1, -0.05) is 5.16 Å². The first-order valence-electron chi connectivity index (χ1n) is 4.68. The summed E-state index contributed by atoms with van der Waals surface area (Å²) in [7, 11) is 0. The fourth-order valence-corrected chi connectivity index (χ4v) is 1.06. The number of rotatable bonds is 5. The number of oxime groups is 1. The normalized spacial score (nSPS) is 15.6. The molecule has 0 aromatic heterocycles. The number of ether oxygens (including phenoxy) is 2. The molecule has 0 amide bonds. The van der Waals surface area contributed by atoms with E-state index in [9.17, 15) is 4.79 Å². The van der Waals surface area contributed by atoms with Crippen LogP contribution in [0.1, 0.15) is 19.8 Å². The minimum atomic E-state index is -0.285. The van der Waals surface area contributed by atoms with Gasteiger partial charge in [0.05, 0.1) is 18.9 Å². The van der Waals surface area contributed by atoms with Crippen LogP contribution in [-0.2, 0) is 19.1 Å². The van der Waals surface area contributed by atoms with Crippen molar-refractivity contribution < 1.29 is 19.1 Å². The monoisotopic (exact) mass is 201 g/mol. The first-order chi connectivity index (χ1) is 6.79. The molecule has 1 heterocycles. The number of hydrogen-bond donors (Lipinski definition) is 0. The number of hydrogen-bond acceptors (Lipinski definition) is 5. The summed E-state index contributed by atoms with van der Waals surface area (Å²) in [6.45, 7) is 3.22. The molecule has 1 aliphatic heterocycles. The van der Waals surface area contributed by atoms with Crippen LogP contribution in [0, 0.1) is 0 Å². The zero-order valence-electron chi connectivity index (χ0n) is 8.32. The van der Waals surface area contributed by atoms with E-state index in [0.717, 1.165) is 18.6 Å². The number of carbonyl (C=O) groups excluding carboxylic acids is 1. The second kappa shape index (κ2) is 6.37. The largest absolute Gasteiger partial charge is 0.463 e. The van der Waals surface area contributed by atoms with Gasteiger partial charge in [-0.3, -0.25) is 4.79 Å². The van der Waals surface area contributed by atoms with Crippen LogP contribution < -0.4 is 0 Å². The summed E-state index contributed by atoms with van der Waals surface area (Å²) in [6, 6.07) is 0. The molecule has 0 aliphatic carbocycles. The Morgan fingerprint density at radius 2 is 2.43 bits per heavy atom. The Morgan fingerprint density at radius 1 is 1.57 bits per heavy atom. The summed E-state index contributed by atoms with van der Waals surface area (Å²) < 4.78 is 9.93. The van der Waals surface area contributed by atoms with Gasteiger partial charge in [0.25, 0.3) is 0 Å². The molecule has 1 aliphatic rings. The number of esters is 1. The fraction of sp³-hybridized carbons (Fsp3) is 0.778. The minimum absolute atomic E-state index is 0.285. The average molecular weight is 201 g/mol. The van der Waals surface area contributed by atoms with Crippen LogP contribution in [0.3, 0.4) is 0 Å². The van der Waals surface area contributed by atoms with E-state index in [-0.39, 0.29) is 5.97 Å². The van der Waals surface area contributed by atoms with Gasteiger partial charge in [-0.05, 0) is 12.8 Å². The molecule has 5 nitrogen and oxygen atoms in total. The molecular formula is C9H15NO4. The molecule has 5 heteroatoms. The van der Waals surface area contributed by atoms with Gasteiger partial charge in [-0.2, -0.15) is 0 Å². The van der Waals surface area contributed by atoms with Gasteiger partial charge in [-0.15, -0.1) is 0 Å². The fourth-order valence-electron chi connectivity index (χ4n) is 1.06. The molecule has 0 N–H and O–H groups in total. The summed E-state index contributed by atoms with van der Waals surface area (Å²) in [4.78, 5) is 15.3. The first-order valence-corrected chi connectivity index (χ1v) is 4.68. The number of carbonyl (C=O) groups is 1. The summed E-state index contributed by atoms with van der Waals surface area (Å²) in [5.74, 6) is -0.285. The highest BCUT2D eigenvalue weighted by atomic mass is 16.6. The van der Waals surface area contributed by atoms with Gasteiger partial charge >= 0.3 is 5.97 Å². The molecule has 0 aromatic carbocycles. The Hall–Kier alpha value is -1.10. The second-order valence-corrected chi connectivity index (χ2v) is 2.99. The van der Waals surface area contributed by atoms with Crippen LogP contribution in [0.5, 0.6) is 0 Å². The van der Waals surface area contributed by atoms with Crippen LogP contribution >= 0.6 is 0 Å². The molecule has 0 unspecified atom stereocenters. The zero-order chi connectivity index (χ0) is 10.2. The Balaban J connectivity index is 1.98. The van der Waals surface area contributed by atoms with Gasteiger partial charge in [0.15, 0.2) is 0 Å². The van der Waals surface area contributed by atoms with Crippen molar-refractivity contribution in [3.8, 4) is 0 Å². The molecule has 0 aromatic rings. The van der Waals surface area contributed by atoms with Crippen LogP contribution in [-0.4, -0.2) is 38.1 Å². The molecule has 0 fully saturated rings. The molecule has 0 radical (unpaired) electrons. The van der Waals surface area contributed by atoms with E-state index in [1.54, 1.807) is 0 Å². The van der Waals surface area contributed by atoms with Gasteiger partial charge in [0, 0.05) is 6.92 Å². The molecule has 0 saturated carbocycles. The van der Waals surface area contributed by atoms with Crippen molar-refractivity contribution in [2.75, 3.05) is 26.4 Å². The SMILES string of the molecule is CC(=O)OCCOCC1=NOCCC1. The summed E-state index contributed by atoms with van der Waals surface area (Å²) in [5, 5.41) is 3.85. The Kier molecular flexibility index (Phi) is 4.99. The maximum absolute atomic E-state index is 10.4. The highest BCUT2D eigenvalue weighted by Crippen LogP contribution is 2.02. The maximum atomic E-state index is 10.4. The van der Waals surface area contributed by atoms with Crippen molar-refractivity contribution in [3.05, 3.63) is 0 Å². The lowest BCUT2D eigenvalue weighted by atomic mass is 10.2. The van der Waals surface area contributed by atoms with Crippen LogP contribution in [0.2, 0.25) is 0 Å². The minimum Gasteiger partial charge on any atom is -0.463 e. The van der Waals surface area contributed by atoms with Crippen molar-refractivity contribution in [3.63, 3.8) is 0 Å². The molecule has 0 bridgehead atoms. The zero-order valence-corrected chi connectivity index (χ0v) is 8.32. The predicted molar refractivity (Wildman–Crippen MR) is 50.1 cm³/mol. The van der Waals surface area contributed by atoms with E-state index in [1.807, 2.05) is 0 Å². The molecule has 0 saturated heterocycles. The Morgan fingerprint density at radius 3 is 3.07 bits per heavy atom. The number of nitrogens with zero attached hydrogens (tertiary/aromatic N) is 1. The summed E-state index contributed by atoms with van der Waals surface area (Å²) >= 11 is 0. The molecule has 0 atom stereocenters. The van der Waals surface area contributed by atoms with E-state index < -0.39 is 0 Å². The quantitative estimate of drug-likeness (QED) is 0.486. The Bertz CT molecular complexity index is 215. The van der Waals surface area contributed by atoms with E-state index >= 15 is 0 Å². The molecule has 1 rings (SSSR count). The highest BCUT2D eigenvalue weighted by molar-refractivity contribution is 5.85. The van der Waals surface area contributed by atoms with Gasteiger partial charge < -0.3 is 14.3 Å². The lowest BCUT2D eigenvalue weighted by Gasteiger charge is -2.11. The molecule has 80 valence electrons. The van der Waals surface area contributed by atoms with E-state index in [1.165, 1.54) is 6.92 Å². The van der Waals surface area contributed by atoms with E-state index in [0.29, 0.717) is 26.4 Å². The standard InChI is InChI=1S/C9H15NO4/c1-8(11)13-6-5-12-7-9-3-2-4-14-10-9/h2-7H2,1H3. The van der Waals surface area contributed by atoms with Gasteiger partial charge in [0.1, 0.15) is 13.2 Å². The topological polar surface area (TPSA) is 57.1 Å². The summed E-state index contributed by atoms with van der Waals surface area (Å²) in [5.41, 5.74) is 0.916. The van der Waals surface area contributed by atoms with Crippen molar-refractivity contribution in [1.29, 1.82) is 0 Å². The van der Waals surface area contributed by atoms with Crippen molar-refractivity contribution in [2.45, 2.75) is 19.8 Å². The average Bonchev–Trinajstić information content (AvgIpc) is 2.18. The lowest BCUT2D eigenvalue weighted by molar-refractivity contribution is -0.142. The third kappa shape index (κ3) is 4.81. The van der Waals surface area contributed by atoms with Crippen molar-refractivity contribution >= 4 is 11.7 Å². The smallest absolute Gasteiger partial charge is 0.302 e. The molecule has 14 heavy (non-hydrogen) atoms. The molecule has 0 spiro atoms. The van der Waals surface area contributed by atoms with Crippen molar-refractivity contribution in [2.24, 2.45) is 5.16 Å². The maximum Gasteiger partial charge on any atom is 0.302 e. The Labute approximate surface area is 83.0 Å². The lowest BCUT2D eigenvalue weighted by Crippen LogP contribution is -2.17. The van der Waals surface area contributed by atoms with Crippen LogP contribution in [0.25, 0.3) is 0 Å².